The van der Waals surface area contributed by atoms with E-state index in [1.54, 1.807) is 0 Å². The van der Waals surface area contributed by atoms with Crippen molar-refractivity contribution in [3.63, 3.8) is 0 Å². The number of unbranched alkanes of at least 4 members (excludes halogenated alkanes) is 38. The Kier molecular flexibility index (Phi) is 57.7. The molecule has 1 atom stereocenters. The minimum atomic E-state index is -0.777. The van der Waals surface area contributed by atoms with Crippen LogP contribution in [0.3, 0.4) is 0 Å². The maximum atomic E-state index is 12.9. The fourth-order valence-electron chi connectivity index (χ4n) is 9.09. The van der Waals surface area contributed by atoms with Crippen molar-refractivity contribution in [2.75, 3.05) is 13.2 Å². The first kappa shape index (κ1) is 68.4. The molecule has 0 aliphatic carbocycles. The third-order valence-electron chi connectivity index (χ3n) is 13.8. The highest BCUT2D eigenvalue weighted by Gasteiger charge is 2.19. The second kappa shape index (κ2) is 59.9. The molecular formula is C65H118O6. The maximum absolute atomic E-state index is 12.9. The van der Waals surface area contributed by atoms with Crippen molar-refractivity contribution < 1.29 is 28.6 Å². The van der Waals surface area contributed by atoms with Gasteiger partial charge in [0.15, 0.2) is 6.10 Å². The van der Waals surface area contributed by atoms with E-state index >= 15 is 0 Å². The number of ether oxygens (including phenoxy) is 3. The Balaban J connectivity index is 4.31. The van der Waals surface area contributed by atoms with Crippen molar-refractivity contribution in [3.8, 4) is 0 Å². The molecule has 0 rings (SSSR count). The minimum Gasteiger partial charge on any atom is -0.462 e. The van der Waals surface area contributed by atoms with Crippen LogP contribution in [0.2, 0.25) is 0 Å². The Morgan fingerprint density at radius 1 is 0.282 bits per heavy atom. The summed E-state index contributed by atoms with van der Waals surface area (Å²) < 4.78 is 16.9. The Labute approximate surface area is 441 Å². The molecule has 1 unspecified atom stereocenters. The highest BCUT2D eigenvalue weighted by atomic mass is 16.6. The first-order chi connectivity index (χ1) is 35.0. The van der Waals surface area contributed by atoms with Crippen LogP contribution in [0, 0.1) is 0 Å². The molecule has 0 N–H and O–H groups in total. The van der Waals surface area contributed by atoms with E-state index < -0.39 is 6.10 Å². The molecule has 0 aromatic heterocycles. The molecule has 6 heteroatoms. The zero-order valence-electron chi connectivity index (χ0n) is 47.5. The molecule has 0 aromatic carbocycles. The van der Waals surface area contributed by atoms with Gasteiger partial charge in [-0.2, -0.15) is 0 Å². The lowest BCUT2D eigenvalue weighted by Gasteiger charge is -2.18. The summed E-state index contributed by atoms with van der Waals surface area (Å²) in [5.41, 5.74) is 0. The van der Waals surface area contributed by atoms with Crippen molar-refractivity contribution in [2.45, 2.75) is 335 Å². The number of hydrogen-bond donors (Lipinski definition) is 0. The van der Waals surface area contributed by atoms with E-state index in [1.807, 2.05) is 0 Å². The summed E-state index contributed by atoms with van der Waals surface area (Å²) in [6.45, 7) is 6.65. The van der Waals surface area contributed by atoms with Crippen LogP contribution in [0.15, 0.2) is 48.6 Å². The van der Waals surface area contributed by atoms with Crippen molar-refractivity contribution in [3.05, 3.63) is 48.6 Å². The SMILES string of the molecule is CCCCCCC/C=C\C/C=C\C/C=C\CCCCCCCCCCC(=O)OCC(COC(=O)CCCCCCCCCCCCCC)OC(=O)CCCCCCCCC/C=C\CCCCCCCCC. The monoisotopic (exact) mass is 995 g/mol. The van der Waals surface area contributed by atoms with Gasteiger partial charge in [-0.25, -0.2) is 0 Å². The molecule has 0 aliphatic heterocycles. The van der Waals surface area contributed by atoms with Gasteiger partial charge in [0.05, 0.1) is 0 Å². The molecule has 0 amide bonds. The molecule has 0 heterocycles. The van der Waals surface area contributed by atoms with Gasteiger partial charge in [0.1, 0.15) is 13.2 Å². The lowest BCUT2D eigenvalue weighted by Crippen LogP contribution is -2.30. The molecule has 414 valence electrons. The summed E-state index contributed by atoms with van der Waals surface area (Å²) >= 11 is 0. The van der Waals surface area contributed by atoms with Crippen LogP contribution in [0.5, 0.6) is 0 Å². The van der Waals surface area contributed by atoms with Crippen LogP contribution in [0.4, 0.5) is 0 Å². The van der Waals surface area contributed by atoms with E-state index in [-0.39, 0.29) is 31.1 Å². The maximum Gasteiger partial charge on any atom is 0.306 e. The molecule has 6 nitrogen and oxygen atoms in total. The largest absolute Gasteiger partial charge is 0.462 e. The van der Waals surface area contributed by atoms with Gasteiger partial charge in [0.2, 0.25) is 0 Å². The average Bonchev–Trinajstić information content (AvgIpc) is 3.37. The van der Waals surface area contributed by atoms with E-state index in [2.05, 4.69) is 69.4 Å². The van der Waals surface area contributed by atoms with Crippen LogP contribution in [0.25, 0.3) is 0 Å². The quantitative estimate of drug-likeness (QED) is 0.0261. The number of esters is 3. The van der Waals surface area contributed by atoms with Gasteiger partial charge in [-0.3, -0.25) is 14.4 Å². The van der Waals surface area contributed by atoms with Gasteiger partial charge in [0, 0.05) is 19.3 Å². The number of hydrogen-bond acceptors (Lipinski definition) is 6. The van der Waals surface area contributed by atoms with E-state index in [1.165, 1.54) is 212 Å². The van der Waals surface area contributed by atoms with Crippen molar-refractivity contribution in [1.82, 2.24) is 0 Å². The Bertz CT molecular complexity index is 1230. The number of rotatable bonds is 57. The average molecular weight is 996 g/mol. The summed E-state index contributed by atoms with van der Waals surface area (Å²) in [7, 11) is 0. The van der Waals surface area contributed by atoms with Crippen LogP contribution < -0.4 is 0 Å². The third kappa shape index (κ3) is 58.1. The van der Waals surface area contributed by atoms with Crippen molar-refractivity contribution >= 4 is 17.9 Å². The zero-order chi connectivity index (χ0) is 51.4. The second-order valence-corrected chi connectivity index (χ2v) is 21.0. The summed E-state index contributed by atoms with van der Waals surface area (Å²) in [5, 5.41) is 0. The number of allylic oxidation sites excluding steroid dienone is 8. The fourth-order valence-corrected chi connectivity index (χ4v) is 9.09. The molecule has 0 aliphatic rings. The molecule has 0 radical (unpaired) electrons. The summed E-state index contributed by atoms with van der Waals surface area (Å²) in [6.07, 6.45) is 73.9. The Hall–Kier alpha value is -2.63. The fraction of sp³-hybridized carbons (Fsp3) is 0.831. The third-order valence-corrected chi connectivity index (χ3v) is 13.8. The lowest BCUT2D eigenvalue weighted by atomic mass is 10.0. The predicted molar refractivity (Wildman–Crippen MR) is 307 cm³/mol. The predicted octanol–water partition coefficient (Wildman–Crippen LogP) is 21.0. The van der Waals surface area contributed by atoms with Crippen LogP contribution >= 0.6 is 0 Å². The molecule has 0 spiro atoms. The molecule has 0 aromatic rings. The molecule has 0 fully saturated rings. The molecular weight excluding hydrogens is 877 g/mol. The van der Waals surface area contributed by atoms with Crippen molar-refractivity contribution in [1.29, 1.82) is 0 Å². The van der Waals surface area contributed by atoms with Gasteiger partial charge in [0.25, 0.3) is 0 Å². The number of carbonyl (C=O) groups is 3. The van der Waals surface area contributed by atoms with Gasteiger partial charge in [-0.05, 0) is 83.5 Å². The van der Waals surface area contributed by atoms with Gasteiger partial charge < -0.3 is 14.2 Å². The van der Waals surface area contributed by atoms with Gasteiger partial charge >= 0.3 is 17.9 Å². The second-order valence-electron chi connectivity index (χ2n) is 21.0. The highest BCUT2D eigenvalue weighted by molar-refractivity contribution is 5.71. The zero-order valence-corrected chi connectivity index (χ0v) is 47.5. The van der Waals surface area contributed by atoms with Gasteiger partial charge in [-0.1, -0.05) is 275 Å². The standard InChI is InChI=1S/C65H118O6/c1-4-7-10-13-16-19-22-25-27-29-31-32-33-34-35-37-38-40-43-46-49-52-55-58-64(67)70-61-62(60-69-63(66)57-54-51-48-45-42-24-21-18-15-12-9-6-3)71-65(68)59-56-53-50-47-44-41-39-36-30-28-26-23-20-17-14-11-8-5-2/h22,25,28-31,33-34,62H,4-21,23-24,26-27,32,35-61H2,1-3H3/b25-22-,30-28-,31-29-,34-33-. The van der Waals surface area contributed by atoms with Gasteiger partial charge in [-0.15, -0.1) is 0 Å². The Morgan fingerprint density at radius 3 is 0.803 bits per heavy atom. The van der Waals surface area contributed by atoms with Crippen LogP contribution in [-0.4, -0.2) is 37.2 Å². The lowest BCUT2D eigenvalue weighted by molar-refractivity contribution is -0.167. The molecule has 0 saturated carbocycles. The summed E-state index contributed by atoms with van der Waals surface area (Å²) in [6, 6.07) is 0. The first-order valence-corrected chi connectivity index (χ1v) is 31.1. The summed E-state index contributed by atoms with van der Waals surface area (Å²) in [5.74, 6) is -0.868. The van der Waals surface area contributed by atoms with Crippen LogP contribution in [-0.2, 0) is 28.6 Å². The Morgan fingerprint density at radius 2 is 0.507 bits per heavy atom. The van der Waals surface area contributed by atoms with E-state index in [4.69, 9.17) is 14.2 Å². The topological polar surface area (TPSA) is 78.9 Å². The van der Waals surface area contributed by atoms with E-state index in [9.17, 15) is 14.4 Å². The normalized spacial score (nSPS) is 12.3. The van der Waals surface area contributed by atoms with E-state index in [0.29, 0.717) is 19.3 Å². The minimum absolute atomic E-state index is 0.0739. The van der Waals surface area contributed by atoms with Crippen LogP contribution in [0.1, 0.15) is 329 Å². The molecule has 0 bridgehead atoms. The smallest absolute Gasteiger partial charge is 0.306 e. The molecule has 0 saturated heterocycles. The first-order valence-electron chi connectivity index (χ1n) is 31.1. The number of carbonyl (C=O) groups excluding carboxylic acids is 3. The highest BCUT2D eigenvalue weighted by Crippen LogP contribution is 2.16. The van der Waals surface area contributed by atoms with Crippen molar-refractivity contribution in [2.24, 2.45) is 0 Å². The molecule has 71 heavy (non-hydrogen) atoms. The summed E-state index contributed by atoms with van der Waals surface area (Å²) in [4.78, 5) is 38.2. The van der Waals surface area contributed by atoms with E-state index in [0.717, 1.165) is 77.0 Å².